The lowest BCUT2D eigenvalue weighted by molar-refractivity contribution is 0.169. The van der Waals surface area contributed by atoms with Crippen LogP contribution in [0.15, 0.2) is 60.7 Å². The molecule has 0 spiro atoms. The van der Waals surface area contributed by atoms with Gasteiger partial charge in [-0.25, -0.2) is 0 Å². The zero-order valence-electron chi connectivity index (χ0n) is 26.6. The molecule has 236 valence electrons. The summed E-state index contributed by atoms with van der Waals surface area (Å²) in [4.78, 5) is 2.50. The lowest BCUT2D eigenvalue weighted by atomic mass is 9.93. The number of phenols is 3. The van der Waals surface area contributed by atoms with Crippen molar-refractivity contribution in [2.75, 3.05) is 26.2 Å². The predicted octanol–water partition coefficient (Wildman–Crippen LogP) is 6.68. The maximum atomic E-state index is 10.5. The Morgan fingerprint density at radius 2 is 1.42 bits per heavy atom. The molecule has 2 atom stereocenters. The summed E-state index contributed by atoms with van der Waals surface area (Å²) >= 11 is 0. The Morgan fingerprint density at radius 3 is 2.07 bits per heavy atom. The Morgan fingerprint density at radius 1 is 0.767 bits per heavy atom. The van der Waals surface area contributed by atoms with Crippen molar-refractivity contribution >= 4 is 0 Å². The second kappa shape index (κ2) is 17.1. The molecule has 0 saturated heterocycles. The van der Waals surface area contributed by atoms with Crippen LogP contribution in [0.3, 0.4) is 0 Å². The molecule has 0 amide bonds. The van der Waals surface area contributed by atoms with Crippen LogP contribution in [0, 0.1) is 0 Å². The number of rotatable bonds is 18. The molecule has 0 bridgehead atoms. The van der Waals surface area contributed by atoms with Gasteiger partial charge in [0.25, 0.3) is 0 Å². The van der Waals surface area contributed by atoms with Crippen LogP contribution in [0.25, 0.3) is 0 Å². The summed E-state index contributed by atoms with van der Waals surface area (Å²) in [5.74, 6) is 1.41. The fourth-order valence-electron chi connectivity index (χ4n) is 5.54. The van der Waals surface area contributed by atoms with Crippen molar-refractivity contribution in [3.63, 3.8) is 0 Å². The number of nitrogens with zero attached hydrogens (tertiary/aromatic N) is 1. The summed E-state index contributed by atoms with van der Waals surface area (Å²) in [5, 5.41) is 43.2. The molecule has 3 aromatic rings. The smallest absolute Gasteiger partial charge is 0.119 e. The highest BCUT2D eigenvalue weighted by molar-refractivity contribution is 5.39. The number of aromatic hydroxyl groups is 3. The molecule has 0 heterocycles. The summed E-state index contributed by atoms with van der Waals surface area (Å²) in [6.45, 7) is 13.9. The summed E-state index contributed by atoms with van der Waals surface area (Å²) < 4.78 is 5.96. The van der Waals surface area contributed by atoms with Gasteiger partial charge in [0.2, 0.25) is 0 Å². The topological polar surface area (TPSA) is 105 Å². The number of hydrogen-bond acceptors (Lipinski definition) is 7. The molecule has 43 heavy (non-hydrogen) atoms. The van der Waals surface area contributed by atoms with Gasteiger partial charge in [0, 0.05) is 24.7 Å². The molecule has 0 unspecified atom stereocenters. The van der Waals surface area contributed by atoms with E-state index in [-0.39, 0.29) is 11.5 Å². The molecule has 7 nitrogen and oxygen atoms in total. The van der Waals surface area contributed by atoms with Crippen molar-refractivity contribution in [3.05, 3.63) is 82.9 Å². The van der Waals surface area contributed by atoms with E-state index in [4.69, 9.17) is 4.74 Å². The van der Waals surface area contributed by atoms with Gasteiger partial charge in [-0.2, -0.15) is 0 Å². The van der Waals surface area contributed by atoms with E-state index < -0.39 is 6.10 Å². The average Bonchev–Trinajstić information content (AvgIpc) is 2.95. The van der Waals surface area contributed by atoms with Crippen LogP contribution in [0.5, 0.6) is 23.0 Å². The lowest BCUT2D eigenvalue weighted by Crippen LogP contribution is -2.38. The fourth-order valence-corrected chi connectivity index (χ4v) is 5.54. The third-order valence-electron chi connectivity index (χ3n) is 8.06. The Labute approximate surface area is 258 Å². The number of ether oxygens (including phenoxy) is 1. The predicted molar refractivity (Wildman–Crippen MR) is 174 cm³/mol. The maximum Gasteiger partial charge on any atom is 0.119 e. The van der Waals surface area contributed by atoms with Crippen LogP contribution in [-0.4, -0.2) is 63.7 Å². The Kier molecular flexibility index (Phi) is 13.6. The fraction of sp³-hybridized carbons (Fsp3) is 0.500. The van der Waals surface area contributed by atoms with E-state index in [1.54, 1.807) is 0 Å². The summed E-state index contributed by atoms with van der Waals surface area (Å²) in [7, 11) is 0. The van der Waals surface area contributed by atoms with E-state index in [0.29, 0.717) is 49.0 Å². The zero-order valence-corrected chi connectivity index (χ0v) is 26.6. The molecule has 0 fully saturated rings. The van der Waals surface area contributed by atoms with Crippen molar-refractivity contribution in [1.29, 1.82) is 0 Å². The molecule has 0 saturated carbocycles. The number of hydrogen-bond donors (Lipinski definition) is 5. The minimum atomic E-state index is -0.816. The molecule has 3 aromatic carbocycles. The van der Waals surface area contributed by atoms with Crippen molar-refractivity contribution in [1.82, 2.24) is 10.2 Å². The number of aryl methyl sites for hydroxylation is 1. The van der Waals surface area contributed by atoms with Gasteiger partial charge in [0.05, 0.1) is 12.7 Å². The summed E-state index contributed by atoms with van der Waals surface area (Å²) in [5.41, 5.74) is 3.95. The van der Waals surface area contributed by atoms with Gasteiger partial charge < -0.3 is 30.5 Å². The first-order valence-corrected chi connectivity index (χ1v) is 15.7. The highest BCUT2D eigenvalue weighted by atomic mass is 16.5. The second-order valence-electron chi connectivity index (χ2n) is 12.2. The number of aliphatic hydroxyl groups is 1. The van der Waals surface area contributed by atoms with Crippen molar-refractivity contribution < 1.29 is 25.2 Å². The zero-order chi connectivity index (χ0) is 31.4. The number of unbranched alkanes of at least 4 members (excludes halogenated alkanes) is 1. The van der Waals surface area contributed by atoms with Gasteiger partial charge in [-0.3, -0.25) is 4.90 Å². The highest BCUT2D eigenvalue weighted by Gasteiger charge is 2.17. The molecular weight excluding hydrogens is 540 g/mol. The van der Waals surface area contributed by atoms with E-state index in [9.17, 15) is 20.4 Å². The van der Waals surface area contributed by atoms with Crippen LogP contribution in [0.4, 0.5) is 0 Å². The molecule has 0 aliphatic rings. The third-order valence-corrected chi connectivity index (χ3v) is 8.06. The van der Waals surface area contributed by atoms with E-state index in [1.807, 2.05) is 24.3 Å². The van der Waals surface area contributed by atoms with Gasteiger partial charge in [-0.1, -0.05) is 31.2 Å². The number of nitrogens with one attached hydrogen (secondary N) is 1. The van der Waals surface area contributed by atoms with E-state index in [0.717, 1.165) is 50.0 Å². The van der Waals surface area contributed by atoms with E-state index in [1.165, 1.54) is 29.3 Å². The monoisotopic (exact) mass is 592 g/mol. The van der Waals surface area contributed by atoms with Crippen LogP contribution in [0.2, 0.25) is 0 Å². The van der Waals surface area contributed by atoms with Gasteiger partial charge in [-0.15, -0.1) is 0 Å². The first-order chi connectivity index (χ1) is 20.5. The summed E-state index contributed by atoms with van der Waals surface area (Å²) in [6, 6.07) is 19.3. The third kappa shape index (κ3) is 11.4. The minimum absolute atomic E-state index is 0.0706. The van der Waals surface area contributed by atoms with Gasteiger partial charge >= 0.3 is 0 Å². The van der Waals surface area contributed by atoms with Crippen LogP contribution in [-0.2, 0) is 12.8 Å². The molecular formula is C36H52N2O5. The highest BCUT2D eigenvalue weighted by Crippen LogP contribution is 2.30. The standard InChI is InChI=1S/C36H52N2O5/c1-25(2)38(26(3)4)18-16-27(5)34-20-29(11-14-35(34)41)8-6-7-19-43-33-12-9-28(10-13-33)15-17-37-24-36(42)30-21-31(39)23-32(40)22-30/h9-14,20-23,25-27,36-37,39-42H,6-8,15-19,24H2,1-5H3/t27-,36-/m0/s1. The Hall–Kier alpha value is -3.26. The quantitative estimate of drug-likeness (QED) is 0.105. The van der Waals surface area contributed by atoms with Crippen LogP contribution < -0.4 is 10.1 Å². The molecule has 0 aliphatic heterocycles. The number of aliphatic hydroxyl groups excluding tert-OH is 1. The first kappa shape index (κ1) is 34.2. The van der Waals surface area contributed by atoms with Crippen molar-refractivity contribution in [2.45, 2.75) is 90.8 Å². The Balaban J connectivity index is 1.34. The van der Waals surface area contributed by atoms with Gasteiger partial charge in [-0.05, 0) is 131 Å². The number of phenolic OH excluding ortho intramolecular Hbond substituents is 3. The molecule has 3 rings (SSSR count). The van der Waals surface area contributed by atoms with E-state index in [2.05, 4.69) is 63.0 Å². The minimum Gasteiger partial charge on any atom is -0.508 e. The largest absolute Gasteiger partial charge is 0.508 e. The SMILES string of the molecule is CC(C)N(CC[C@H](C)c1cc(CCCCOc2ccc(CCNC[C@H](O)c3cc(O)cc(O)c3)cc2)ccc1O)C(C)C. The normalized spacial score (nSPS) is 13.1. The molecule has 5 N–H and O–H groups in total. The summed E-state index contributed by atoms with van der Waals surface area (Å²) in [6.07, 6.45) is 3.94. The van der Waals surface area contributed by atoms with Gasteiger partial charge in [0.1, 0.15) is 23.0 Å². The average molecular weight is 593 g/mol. The van der Waals surface area contributed by atoms with Crippen LogP contribution in [0.1, 0.15) is 88.2 Å². The number of benzene rings is 3. The Bertz CT molecular complexity index is 1220. The second-order valence-corrected chi connectivity index (χ2v) is 12.2. The van der Waals surface area contributed by atoms with Crippen molar-refractivity contribution in [2.24, 2.45) is 0 Å². The van der Waals surface area contributed by atoms with Crippen LogP contribution >= 0.6 is 0 Å². The molecule has 0 radical (unpaired) electrons. The molecule has 0 aliphatic carbocycles. The first-order valence-electron chi connectivity index (χ1n) is 15.7. The van der Waals surface area contributed by atoms with Crippen molar-refractivity contribution in [3.8, 4) is 23.0 Å². The van der Waals surface area contributed by atoms with Gasteiger partial charge in [0.15, 0.2) is 0 Å². The lowest BCUT2D eigenvalue weighted by Gasteiger charge is -2.31. The molecule has 7 heteroatoms. The molecule has 0 aromatic heterocycles. The maximum absolute atomic E-state index is 10.5. The van der Waals surface area contributed by atoms with E-state index >= 15 is 0 Å².